The number of H-pyrrole nitrogens is 1. The van der Waals surface area contributed by atoms with Gasteiger partial charge in [0, 0.05) is 41.0 Å². The number of carbonyl (C=O) groups excluding carboxylic acids is 1. The molecular weight excluding hydrogens is 426 g/mol. The number of nitrogens with zero attached hydrogens (tertiary/aromatic N) is 3. The molecule has 2 aromatic heterocycles. The molecule has 164 valence electrons. The zero-order valence-electron chi connectivity index (χ0n) is 17.8. The fourth-order valence-corrected chi connectivity index (χ4v) is 4.19. The van der Waals surface area contributed by atoms with Crippen LogP contribution in [0, 0.1) is 0 Å². The van der Waals surface area contributed by atoms with Gasteiger partial charge < -0.3 is 20.0 Å². The van der Waals surface area contributed by atoms with Crippen molar-refractivity contribution in [1.29, 1.82) is 0 Å². The molecule has 9 heteroatoms. The SMILES string of the molecule is CCc1ccccc1OCc1nnc(SCc2cc(=O)c3cc(C(N)=O)ccc3[nH]2)n1C. The average molecular weight is 450 g/mol. The number of pyridine rings is 1. The number of hydrogen-bond donors (Lipinski definition) is 2. The first-order valence-electron chi connectivity index (χ1n) is 10.1. The predicted molar refractivity (Wildman–Crippen MR) is 124 cm³/mol. The van der Waals surface area contributed by atoms with Crippen LogP contribution in [0.1, 0.15) is 34.4 Å². The number of hydrogen-bond acceptors (Lipinski definition) is 6. The molecule has 32 heavy (non-hydrogen) atoms. The number of rotatable bonds is 8. The third-order valence-corrected chi connectivity index (χ3v) is 6.23. The second-order valence-electron chi connectivity index (χ2n) is 7.28. The number of amides is 1. The van der Waals surface area contributed by atoms with Gasteiger partial charge in [-0.25, -0.2) is 0 Å². The van der Waals surface area contributed by atoms with E-state index in [-0.39, 0.29) is 5.43 Å². The Morgan fingerprint density at radius 1 is 1.19 bits per heavy atom. The van der Waals surface area contributed by atoms with Gasteiger partial charge in [0.25, 0.3) is 0 Å². The Kier molecular flexibility index (Phi) is 6.27. The summed E-state index contributed by atoms with van der Waals surface area (Å²) in [5, 5.41) is 9.65. The van der Waals surface area contributed by atoms with Gasteiger partial charge in [0.15, 0.2) is 16.4 Å². The van der Waals surface area contributed by atoms with Gasteiger partial charge in [-0.3, -0.25) is 9.59 Å². The number of para-hydroxylation sites is 1. The Morgan fingerprint density at radius 2 is 2.00 bits per heavy atom. The number of aromatic amines is 1. The van der Waals surface area contributed by atoms with Crippen molar-refractivity contribution in [1.82, 2.24) is 19.7 Å². The average Bonchev–Trinajstić information content (AvgIpc) is 3.15. The highest BCUT2D eigenvalue weighted by Crippen LogP contribution is 2.23. The second kappa shape index (κ2) is 9.27. The van der Waals surface area contributed by atoms with E-state index in [1.54, 1.807) is 12.1 Å². The van der Waals surface area contributed by atoms with Gasteiger partial charge in [-0.1, -0.05) is 36.9 Å². The third-order valence-electron chi connectivity index (χ3n) is 5.16. The Hall–Kier alpha value is -3.59. The number of aryl methyl sites for hydroxylation is 1. The summed E-state index contributed by atoms with van der Waals surface area (Å²) in [7, 11) is 1.89. The minimum atomic E-state index is -0.564. The van der Waals surface area contributed by atoms with E-state index in [1.165, 1.54) is 23.9 Å². The molecule has 0 aliphatic heterocycles. The molecule has 8 nitrogen and oxygen atoms in total. The van der Waals surface area contributed by atoms with E-state index in [9.17, 15) is 9.59 Å². The summed E-state index contributed by atoms with van der Waals surface area (Å²) in [5.74, 6) is 1.50. The van der Waals surface area contributed by atoms with Gasteiger partial charge in [-0.05, 0) is 36.2 Å². The first kappa shape index (κ1) is 21.6. The molecule has 0 aliphatic carbocycles. The Balaban J connectivity index is 1.46. The van der Waals surface area contributed by atoms with Crippen molar-refractivity contribution in [3.63, 3.8) is 0 Å². The third kappa shape index (κ3) is 4.52. The minimum Gasteiger partial charge on any atom is -0.485 e. The van der Waals surface area contributed by atoms with E-state index < -0.39 is 5.91 Å². The molecule has 0 fully saturated rings. The fraction of sp³-hybridized carbons (Fsp3) is 0.217. The number of thioether (sulfide) groups is 1. The molecule has 2 heterocycles. The smallest absolute Gasteiger partial charge is 0.248 e. The maximum absolute atomic E-state index is 12.5. The van der Waals surface area contributed by atoms with Crippen molar-refractivity contribution in [2.24, 2.45) is 12.8 Å². The summed E-state index contributed by atoms with van der Waals surface area (Å²) in [5.41, 5.74) is 7.99. The lowest BCUT2D eigenvalue weighted by Gasteiger charge is -2.10. The molecule has 0 bridgehead atoms. The van der Waals surface area contributed by atoms with Crippen LogP contribution in [0.25, 0.3) is 10.9 Å². The number of primary amides is 1. The molecule has 0 spiro atoms. The van der Waals surface area contributed by atoms with E-state index in [2.05, 4.69) is 22.1 Å². The lowest BCUT2D eigenvalue weighted by molar-refractivity contribution is 0.100. The van der Waals surface area contributed by atoms with Crippen LogP contribution in [0.3, 0.4) is 0 Å². The Bertz CT molecular complexity index is 1350. The summed E-state index contributed by atoms with van der Waals surface area (Å²) in [6.45, 7) is 2.41. The van der Waals surface area contributed by atoms with Crippen LogP contribution in [0.5, 0.6) is 5.75 Å². The quantitative estimate of drug-likeness (QED) is 0.399. The molecule has 0 saturated heterocycles. The highest BCUT2D eigenvalue weighted by atomic mass is 32.2. The van der Waals surface area contributed by atoms with E-state index in [0.717, 1.165) is 28.6 Å². The van der Waals surface area contributed by atoms with Crippen LogP contribution in [-0.2, 0) is 25.8 Å². The van der Waals surface area contributed by atoms with Crippen LogP contribution in [0.15, 0.2) is 58.5 Å². The number of nitrogens with one attached hydrogen (secondary N) is 1. The Labute approximate surface area is 188 Å². The van der Waals surface area contributed by atoms with Crippen LogP contribution >= 0.6 is 11.8 Å². The standard InChI is InChI=1S/C23H23N5O3S/c1-3-14-6-4-5-7-20(14)31-12-21-26-27-23(28(21)2)32-13-16-11-19(29)17-10-15(22(24)30)8-9-18(17)25-16/h4-11H,3,12-13H2,1-2H3,(H2,24,30)(H,25,29). The highest BCUT2D eigenvalue weighted by molar-refractivity contribution is 7.98. The van der Waals surface area contributed by atoms with Crippen LogP contribution in [-0.4, -0.2) is 25.7 Å². The van der Waals surface area contributed by atoms with Crippen molar-refractivity contribution in [2.75, 3.05) is 0 Å². The van der Waals surface area contributed by atoms with Crippen molar-refractivity contribution < 1.29 is 9.53 Å². The lowest BCUT2D eigenvalue weighted by Crippen LogP contribution is -2.12. The molecule has 0 saturated carbocycles. The van der Waals surface area contributed by atoms with Gasteiger partial charge in [0.2, 0.25) is 5.91 Å². The number of nitrogens with two attached hydrogens (primary N) is 1. The van der Waals surface area contributed by atoms with Gasteiger partial charge in [-0.15, -0.1) is 10.2 Å². The van der Waals surface area contributed by atoms with Crippen molar-refractivity contribution in [3.8, 4) is 5.75 Å². The molecule has 4 aromatic rings. The van der Waals surface area contributed by atoms with Gasteiger partial charge in [-0.2, -0.15) is 0 Å². The van der Waals surface area contributed by atoms with E-state index in [4.69, 9.17) is 10.5 Å². The highest BCUT2D eigenvalue weighted by Gasteiger charge is 2.12. The Morgan fingerprint density at radius 3 is 2.78 bits per heavy atom. The van der Waals surface area contributed by atoms with Crippen LogP contribution < -0.4 is 15.9 Å². The maximum Gasteiger partial charge on any atom is 0.248 e. The maximum atomic E-state index is 12.5. The van der Waals surface area contributed by atoms with E-state index in [1.807, 2.05) is 35.9 Å². The molecule has 3 N–H and O–H groups in total. The van der Waals surface area contributed by atoms with Gasteiger partial charge >= 0.3 is 0 Å². The minimum absolute atomic E-state index is 0.168. The molecular formula is C23H23N5O3S. The summed E-state index contributed by atoms with van der Waals surface area (Å²) in [6.07, 6.45) is 0.893. The van der Waals surface area contributed by atoms with Gasteiger partial charge in [0.05, 0.1) is 0 Å². The first-order valence-corrected chi connectivity index (χ1v) is 11.1. The number of benzene rings is 2. The summed E-state index contributed by atoms with van der Waals surface area (Å²) < 4.78 is 7.83. The van der Waals surface area contributed by atoms with Crippen molar-refractivity contribution in [3.05, 3.63) is 81.4 Å². The molecule has 2 aromatic carbocycles. The van der Waals surface area contributed by atoms with E-state index in [0.29, 0.717) is 34.7 Å². The summed E-state index contributed by atoms with van der Waals surface area (Å²) in [6, 6.07) is 14.3. The number of ether oxygens (including phenoxy) is 1. The van der Waals surface area contributed by atoms with E-state index >= 15 is 0 Å². The molecule has 0 aliphatic rings. The molecule has 0 unspecified atom stereocenters. The van der Waals surface area contributed by atoms with Crippen molar-refractivity contribution in [2.45, 2.75) is 30.9 Å². The van der Waals surface area contributed by atoms with Gasteiger partial charge in [0.1, 0.15) is 12.4 Å². The molecule has 0 radical (unpaired) electrons. The number of fused-ring (bicyclic) bond motifs is 1. The lowest BCUT2D eigenvalue weighted by atomic mass is 10.1. The largest absolute Gasteiger partial charge is 0.485 e. The zero-order valence-corrected chi connectivity index (χ0v) is 18.6. The molecule has 0 atom stereocenters. The molecule has 4 rings (SSSR count). The summed E-state index contributed by atoms with van der Waals surface area (Å²) >= 11 is 1.47. The topological polar surface area (TPSA) is 116 Å². The number of carbonyl (C=O) groups is 1. The van der Waals surface area contributed by atoms with Crippen LogP contribution in [0.2, 0.25) is 0 Å². The van der Waals surface area contributed by atoms with Crippen LogP contribution in [0.4, 0.5) is 0 Å². The fourth-order valence-electron chi connectivity index (χ4n) is 3.35. The predicted octanol–water partition coefficient (Wildman–Crippen LogP) is 3.19. The van der Waals surface area contributed by atoms with Crippen molar-refractivity contribution >= 4 is 28.6 Å². The zero-order chi connectivity index (χ0) is 22.7. The summed E-state index contributed by atoms with van der Waals surface area (Å²) in [4.78, 5) is 27.1. The normalized spacial score (nSPS) is 11.1. The number of aromatic nitrogens is 4. The monoisotopic (exact) mass is 449 g/mol. The second-order valence-corrected chi connectivity index (χ2v) is 8.22. The first-order chi connectivity index (χ1) is 15.5. The molecule has 1 amide bonds.